The van der Waals surface area contributed by atoms with E-state index in [1.807, 2.05) is 17.5 Å². The number of carbonyl (C=O) groups is 1. The average Bonchev–Trinajstić information content (AvgIpc) is 3.42. The molecule has 0 spiro atoms. The van der Waals surface area contributed by atoms with E-state index >= 15 is 0 Å². The van der Waals surface area contributed by atoms with Crippen molar-refractivity contribution < 1.29 is 22.4 Å². The molecule has 0 atom stereocenters. The van der Waals surface area contributed by atoms with Crippen LogP contribution in [-0.2, 0) is 17.4 Å². The van der Waals surface area contributed by atoms with E-state index in [9.17, 15) is 18.0 Å². The van der Waals surface area contributed by atoms with Gasteiger partial charge in [-0.05, 0) is 30.3 Å². The number of alkyl halides is 3. The highest BCUT2D eigenvalue weighted by molar-refractivity contribution is 7.14. The number of amides is 1. The van der Waals surface area contributed by atoms with Crippen LogP contribution in [0.25, 0.3) is 22.7 Å². The lowest BCUT2D eigenvalue weighted by Crippen LogP contribution is -2.12. The first-order chi connectivity index (χ1) is 15.3. The van der Waals surface area contributed by atoms with Gasteiger partial charge in [-0.15, -0.1) is 21.5 Å². The number of halogens is 4. The molecule has 1 N–H and O–H groups in total. The molecule has 2 aromatic heterocycles. The lowest BCUT2D eigenvalue weighted by atomic mass is 10.1. The predicted octanol–water partition coefficient (Wildman–Crippen LogP) is 6.10. The number of hydrogen-bond acceptors (Lipinski definition) is 6. The molecule has 0 aliphatic heterocycles. The van der Waals surface area contributed by atoms with E-state index in [1.165, 1.54) is 23.5 Å². The number of anilines is 1. The number of carbonyl (C=O) groups excluding carboxylic acids is 1. The van der Waals surface area contributed by atoms with Gasteiger partial charge in [0.2, 0.25) is 17.7 Å². The van der Waals surface area contributed by atoms with Crippen molar-refractivity contribution in [1.82, 2.24) is 15.2 Å². The van der Waals surface area contributed by atoms with Gasteiger partial charge in [0.05, 0.1) is 11.3 Å². The van der Waals surface area contributed by atoms with E-state index in [0.717, 1.165) is 17.7 Å². The molecular formula is C21H14ClF3N4O2S. The van der Waals surface area contributed by atoms with E-state index in [2.05, 4.69) is 20.5 Å². The minimum Gasteiger partial charge on any atom is -0.421 e. The minimum absolute atomic E-state index is 0.0417. The maximum atomic E-state index is 12.9. The number of hydrogen-bond donors (Lipinski definition) is 1. The Morgan fingerprint density at radius 1 is 1.09 bits per heavy atom. The molecule has 0 aliphatic carbocycles. The molecule has 2 heterocycles. The number of aryl methyl sites for hydroxylation is 1. The molecule has 0 fully saturated rings. The summed E-state index contributed by atoms with van der Waals surface area (Å²) in [5, 5.41) is 13.2. The van der Waals surface area contributed by atoms with Gasteiger partial charge in [-0.1, -0.05) is 29.8 Å². The van der Waals surface area contributed by atoms with E-state index in [0.29, 0.717) is 15.8 Å². The zero-order valence-corrected chi connectivity index (χ0v) is 17.8. The second kappa shape index (κ2) is 9.09. The number of thiazole rings is 1. The third-order valence-corrected chi connectivity index (χ3v) is 5.37. The van der Waals surface area contributed by atoms with Crippen LogP contribution in [0.3, 0.4) is 0 Å². The third-order valence-electron chi connectivity index (χ3n) is 4.36. The summed E-state index contributed by atoms with van der Waals surface area (Å²) in [5.74, 6) is -0.201. The van der Waals surface area contributed by atoms with Gasteiger partial charge < -0.3 is 9.73 Å². The Bertz CT molecular complexity index is 1240. The number of benzene rings is 2. The molecule has 0 unspecified atom stereocenters. The molecular weight excluding hydrogens is 465 g/mol. The molecule has 4 rings (SSSR count). The van der Waals surface area contributed by atoms with Crippen molar-refractivity contribution >= 4 is 34.0 Å². The van der Waals surface area contributed by atoms with Crippen molar-refractivity contribution in [1.29, 1.82) is 0 Å². The quantitative estimate of drug-likeness (QED) is 0.362. The molecule has 1 amide bonds. The van der Waals surface area contributed by atoms with Crippen LogP contribution < -0.4 is 5.32 Å². The van der Waals surface area contributed by atoms with Crippen LogP contribution >= 0.6 is 22.9 Å². The fourth-order valence-electron chi connectivity index (χ4n) is 2.79. The molecule has 4 aromatic rings. The SMILES string of the molecule is O=C(CCc1nnc(-c2cccc(C(F)(F)F)c2)o1)Nc1nc(-c2ccc(Cl)cc2)cs1. The van der Waals surface area contributed by atoms with Gasteiger partial charge in [0.25, 0.3) is 0 Å². The van der Waals surface area contributed by atoms with Gasteiger partial charge in [-0.3, -0.25) is 4.79 Å². The first kappa shape index (κ1) is 22.0. The summed E-state index contributed by atoms with van der Waals surface area (Å²) in [7, 11) is 0. The Morgan fingerprint density at radius 2 is 1.88 bits per heavy atom. The van der Waals surface area contributed by atoms with Crippen molar-refractivity contribution in [3.8, 4) is 22.7 Å². The molecule has 0 aliphatic rings. The minimum atomic E-state index is -4.47. The van der Waals surface area contributed by atoms with Crippen molar-refractivity contribution in [2.45, 2.75) is 19.0 Å². The second-order valence-electron chi connectivity index (χ2n) is 6.67. The van der Waals surface area contributed by atoms with Crippen LogP contribution in [0.1, 0.15) is 17.9 Å². The summed E-state index contributed by atoms with van der Waals surface area (Å²) >= 11 is 7.17. The summed E-state index contributed by atoms with van der Waals surface area (Å²) in [4.78, 5) is 16.6. The van der Waals surface area contributed by atoms with E-state index < -0.39 is 11.7 Å². The van der Waals surface area contributed by atoms with Crippen LogP contribution in [0.2, 0.25) is 5.02 Å². The maximum absolute atomic E-state index is 12.9. The molecule has 0 saturated heterocycles. The summed E-state index contributed by atoms with van der Waals surface area (Å²) in [6, 6.07) is 11.8. The largest absolute Gasteiger partial charge is 0.421 e. The molecule has 164 valence electrons. The average molecular weight is 479 g/mol. The first-order valence-corrected chi connectivity index (χ1v) is 10.5. The predicted molar refractivity (Wildman–Crippen MR) is 114 cm³/mol. The third kappa shape index (κ3) is 5.32. The van der Waals surface area contributed by atoms with Crippen LogP contribution in [0.15, 0.2) is 58.3 Å². The van der Waals surface area contributed by atoms with Crippen molar-refractivity contribution in [3.63, 3.8) is 0 Å². The summed E-state index contributed by atoms with van der Waals surface area (Å²) < 4.78 is 44.0. The van der Waals surface area contributed by atoms with Gasteiger partial charge >= 0.3 is 6.18 Å². The molecule has 32 heavy (non-hydrogen) atoms. The van der Waals surface area contributed by atoms with Crippen LogP contribution in [-0.4, -0.2) is 21.1 Å². The van der Waals surface area contributed by atoms with Gasteiger partial charge in [-0.25, -0.2) is 4.98 Å². The van der Waals surface area contributed by atoms with E-state index in [1.54, 1.807) is 12.1 Å². The topological polar surface area (TPSA) is 80.9 Å². The molecule has 0 bridgehead atoms. The maximum Gasteiger partial charge on any atom is 0.416 e. The first-order valence-electron chi connectivity index (χ1n) is 9.29. The molecule has 6 nitrogen and oxygen atoms in total. The molecule has 11 heteroatoms. The van der Waals surface area contributed by atoms with E-state index in [4.69, 9.17) is 16.0 Å². The number of nitrogens with one attached hydrogen (secondary N) is 1. The van der Waals surface area contributed by atoms with Crippen LogP contribution in [0.5, 0.6) is 0 Å². The highest BCUT2D eigenvalue weighted by Gasteiger charge is 2.30. The Morgan fingerprint density at radius 3 is 2.62 bits per heavy atom. The van der Waals surface area contributed by atoms with Crippen molar-refractivity contribution in [2.75, 3.05) is 5.32 Å². The number of aromatic nitrogens is 3. The standard InChI is InChI=1S/C21H14ClF3N4O2S/c22-15-6-4-12(5-7-15)16-11-32-20(26-16)27-17(30)8-9-18-28-29-19(31-18)13-2-1-3-14(10-13)21(23,24)25/h1-7,10-11H,8-9H2,(H,26,27,30). The zero-order valence-electron chi connectivity index (χ0n) is 16.2. The Balaban J connectivity index is 1.34. The summed E-state index contributed by atoms with van der Waals surface area (Å²) in [5.41, 5.74) is 0.930. The van der Waals surface area contributed by atoms with Gasteiger partial charge in [0.15, 0.2) is 5.13 Å². The lowest BCUT2D eigenvalue weighted by Gasteiger charge is -2.06. The highest BCUT2D eigenvalue weighted by atomic mass is 35.5. The Hall–Kier alpha value is -3.24. The van der Waals surface area contributed by atoms with Gasteiger partial charge in [-0.2, -0.15) is 13.2 Å². The second-order valence-corrected chi connectivity index (χ2v) is 7.97. The number of nitrogens with zero attached hydrogens (tertiary/aromatic N) is 3. The van der Waals surface area contributed by atoms with E-state index in [-0.39, 0.29) is 36.1 Å². The Kier molecular flexibility index (Phi) is 6.24. The highest BCUT2D eigenvalue weighted by Crippen LogP contribution is 2.32. The normalized spacial score (nSPS) is 11.5. The van der Waals surface area contributed by atoms with Crippen molar-refractivity contribution in [2.24, 2.45) is 0 Å². The lowest BCUT2D eigenvalue weighted by molar-refractivity contribution is -0.137. The molecule has 0 radical (unpaired) electrons. The number of rotatable bonds is 6. The fourth-order valence-corrected chi connectivity index (χ4v) is 3.65. The fraction of sp³-hybridized carbons (Fsp3) is 0.143. The molecule has 0 saturated carbocycles. The van der Waals surface area contributed by atoms with Crippen LogP contribution in [0, 0.1) is 0 Å². The summed E-state index contributed by atoms with van der Waals surface area (Å²) in [6.07, 6.45) is -4.30. The van der Waals surface area contributed by atoms with Gasteiger partial charge in [0, 0.05) is 34.4 Å². The molecule has 2 aromatic carbocycles. The van der Waals surface area contributed by atoms with Crippen molar-refractivity contribution in [3.05, 3.63) is 70.4 Å². The Labute approximate surface area is 189 Å². The summed E-state index contributed by atoms with van der Waals surface area (Å²) in [6.45, 7) is 0. The monoisotopic (exact) mass is 478 g/mol. The smallest absolute Gasteiger partial charge is 0.416 e. The van der Waals surface area contributed by atoms with Crippen LogP contribution in [0.4, 0.5) is 18.3 Å². The van der Waals surface area contributed by atoms with Gasteiger partial charge in [0.1, 0.15) is 0 Å². The zero-order chi connectivity index (χ0) is 22.7.